The molecule has 0 unspecified atom stereocenters. The van der Waals surface area contributed by atoms with Crippen molar-refractivity contribution >= 4 is 35.8 Å². The lowest BCUT2D eigenvalue weighted by Gasteiger charge is -2.19. The molecular formula is C29H33FN6O3. The van der Waals surface area contributed by atoms with Crippen molar-refractivity contribution in [1.82, 2.24) is 0 Å². The Morgan fingerprint density at radius 2 is 1.82 bits per heavy atom. The van der Waals surface area contributed by atoms with E-state index < -0.39 is 0 Å². The van der Waals surface area contributed by atoms with Crippen LogP contribution >= 0.6 is 0 Å². The molecule has 3 rings (SSSR count). The Labute approximate surface area is 227 Å². The SMILES string of the molecule is C=N/C(=N\C(N)=N/CNc1cccc(COF)c1)c1cccc(NC(=O)c2ccc(C(C)(C)C)cc2)c1CO. The van der Waals surface area contributed by atoms with Crippen LogP contribution in [0, 0.1) is 0 Å². The van der Waals surface area contributed by atoms with E-state index >= 15 is 0 Å². The number of nitrogens with one attached hydrogen (secondary N) is 2. The van der Waals surface area contributed by atoms with E-state index in [0.29, 0.717) is 33.6 Å². The van der Waals surface area contributed by atoms with Gasteiger partial charge in [0, 0.05) is 28.1 Å². The Morgan fingerprint density at radius 3 is 2.46 bits per heavy atom. The maximum Gasteiger partial charge on any atom is 0.255 e. The van der Waals surface area contributed by atoms with Gasteiger partial charge in [0.1, 0.15) is 13.3 Å². The minimum atomic E-state index is -0.388. The van der Waals surface area contributed by atoms with Crippen LogP contribution in [0.25, 0.3) is 0 Å². The molecule has 3 aromatic rings. The van der Waals surface area contributed by atoms with Crippen molar-refractivity contribution in [2.45, 2.75) is 39.4 Å². The molecule has 0 bridgehead atoms. The van der Waals surface area contributed by atoms with Gasteiger partial charge in [-0.3, -0.25) is 4.79 Å². The molecule has 0 saturated heterocycles. The third-order valence-electron chi connectivity index (χ3n) is 5.88. The topological polar surface area (TPSA) is 134 Å². The quantitative estimate of drug-likeness (QED) is 0.228. The van der Waals surface area contributed by atoms with Gasteiger partial charge in [0.05, 0.1) is 6.61 Å². The van der Waals surface area contributed by atoms with Crippen molar-refractivity contribution in [3.63, 3.8) is 0 Å². The number of nitrogens with two attached hydrogens (primary N) is 1. The number of anilines is 2. The number of hydrogen-bond acceptors (Lipinski definition) is 5. The van der Waals surface area contributed by atoms with Crippen molar-refractivity contribution in [2.75, 3.05) is 17.3 Å². The Hall–Kier alpha value is -4.41. The van der Waals surface area contributed by atoms with E-state index in [1.54, 1.807) is 54.6 Å². The van der Waals surface area contributed by atoms with E-state index in [9.17, 15) is 14.4 Å². The molecule has 39 heavy (non-hydrogen) atoms. The van der Waals surface area contributed by atoms with Crippen molar-refractivity contribution in [2.24, 2.45) is 20.7 Å². The molecule has 0 fully saturated rings. The zero-order valence-corrected chi connectivity index (χ0v) is 22.2. The molecule has 10 heteroatoms. The fraction of sp³-hybridized carbons (Fsp3) is 0.241. The van der Waals surface area contributed by atoms with Gasteiger partial charge in [-0.25, -0.2) is 9.98 Å². The first-order valence-electron chi connectivity index (χ1n) is 12.2. The molecule has 204 valence electrons. The van der Waals surface area contributed by atoms with Crippen LogP contribution in [0.15, 0.2) is 81.7 Å². The highest BCUT2D eigenvalue weighted by atomic mass is 19.3. The lowest BCUT2D eigenvalue weighted by molar-refractivity contribution is -0.144. The summed E-state index contributed by atoms with van der Waals surface area (Å²) in [6.07, 6.45) is 0. The molecule has 0 aliphatic heterocycles. The summed E-state index contributed by atoms with van der Waals surface area (Å²) in [4.78, 5) is 29.0. The van der Waals surface area contributed by atoms with Gasteiger partial charge in [0.25, 0.3) is 5.91 Å². The van der Waals surface area contributed by atoms with Crippen LogP contribution in [-0.4, -0.2) is 36.2 Å². The Balaban J connectivity index is 1.77. The number of aliphatic imine (C=N–C) groups is 3. The van der Waals surface area contributed by atoms with Crippen molar-refractivity contribution < 1.29 is 19.4 Å². The zero-order chi connectivity index (χ0) is 28.4. The Bertz CT molecular complexity index is 1360. The smallest absolute Gasteiger partial charge is 0.255 e. The van der Waals surface area contributed by atoms with Gasteiger partial charge in [-0.2, -0.15) is 9.93 Å². The lowest BCUT2D eigenvalue weighted by atomic mass is 9.86. The number of carbonyl (C=O) groups is 1. The highest BCUT2D eigenvalue weighted by molar-refractivity contribution is 6.10. The fourth-order valence-electron chi connectivity index (χ4n) is 3.77. The van der Waals surface area contributed by atoms with Gasteiger partial charge >= 0.3 is 0 Å². The molecule has 5 N–H and O–H groups in total. The molecule has 0 aliphatic rings. The molecule has 0 saturated carbocycles. The average molecular weight is 533 g/mol. The highest BCUT2D eigenvalue weighted by Gasteiger charge is 2.17. The van der Waals surface area contributed by atoms with Gasteiger partial charge in [0.2, 0.25) is 5.96 Å². The van der Waals surface area contributed by atoms with Crippen LogP contribution in [-0.2, 0) is 23.6 Å². The van der Waals surface area contributed by atoms with Gasteiger partial charge in [-0.15, -0.1) is 0 Å². The predicted octanol–water partition coefficient (Wildman–Crippen LogP) is 4.96. The third-order valence-corrected chi connectivity index (χ3v) is 5.88. The number of carbonyl (C=O) groups excluding carboxylic acids is 1. The highest BCUT2D eigenvalue weighted by Crippen LogP contribution is 2.24. The van der Waals surface area contributed by atoms with Crippen LogP contribution in [0.1, 0.15) is 53.4 Å². The van der Waals surface area contributed by atoms with Crippen LogP contribution in [0.2, 0.25) is 0 Å². The molecule has 9 nitrogen and oxygen atoms in total. The summed E-state index contributed by atoms with van der Waals surface area (Å²) in [6.45, 7) is 9.43. The van der Waals surface area contributed by atoms with Crippen LogP contribution in [0.3, 0.4) is 0 Å². The second-order valence-electron chi connectivity index (χ2n) is 9.67. The standard InChI is InChI=1S/C29H33FN6O3/c1-29(2,3)21-13-11-20(12-14-21)27(38)35-25-10-6-9-23(24(25)16-37)26(32-4)36-28(31)34-18-33-22-8-5-7-19(15-22)17-39-30/h5-15,33,37H,4,16-18H2,1-3H3,(H2,31,34)(H,35,38)/b36-26-. The number of benzene rings is 3. The van der Waals surface area contributed by atoms with E-state index in [1.165, 1.54) is 0 Å². The number of amidine groups is 1. The number of guanidine groups is 1. The van der Waals surface area contributed by atoms with Crippen molar-refractivity contribution in [3.05, 3.63) is 94.5 Å². The molecule has 0 spiro atoms. The molecule has 0 atom stereocenters. The summed E-state index contributed by atoms with van der Waals surface area (Å²) in [6, 6.07) is 19.5. The number of amides is 1. The summed E-state index contributed by atoms with van der Waals surface area (Å²) in [5, 5.41) is 16.0. The van der Waals surface area contributed by atoms with Crippen molar-refractivity contribution in [1.29, 1.82) is 0 Å². The van der Waals surface area contributed by atoms with Crippen LogP contribution in [0.4, 0.5) is 15.9 Å². The summed E-state index contributed by atoms with van der Waals surface area (Å²) < 4.78 is 12.1. The second kappa shape index (κ2) is 13.4. The monoisotopic (exact) mass is 532 g/mol. The van der Waals surface area contributed by atoms with Gasteiger partial charge < -0.3 is 21.5 Å². The van der Waals surface area contributed by atoms with Crippen LogP contribution < -0.4 is 16.4 Å². The largest absolute Gasteiger partial charge is 0.392 e. The first-order valence-corrected chi connectivity index (χ1v) is 12.2. The average Bonchev–Trinajstić information content (AvgIpc) is 2.91. The maximum absolute atomic E-state index is 12.9. The number of aliphatic hydroxyl groups is 1. The lowest BCUT2D eigenvalue weighted by Crippen LogP contribution is -2.18. The number of aliphatic hydroxyl groups excluding tert-OH is 1. The maximum atomic E-state index is 12.9. The summed E-state index contributed by atoms with van der Waals surface area (Å²) in [5.41, 5.74) is 10.2. The number of rotatable bonds is 9. The van der Waals surface area contributed by atoms with E-state index in [-0.39, 0.29) is 43.0 Å². The first kappa shape index (κ1) is 29.2. The van der Waals surface area contributed by atoms with E-state index in [4.69, 9.17) is 5.73 Å². The first-order chi connectivity index (χ1) is 18.7. The van der Waals surface area contributed by atoms with Gasteiger partial charge in [-0.1, -0.05) is 57.2 Å². The Morgan fingerprint density at radius 1 is 1.10 bits per heavy atom. The predicted molar refractivity (Wildman–Crippen MR) is 154 cm³/mol. The molecule has 0 radical (unpaired) electrons. The Kier molecular flexibility index (Phi) is 10.0. The molecule has 3 aromatic carbocycles. The van der Waals surface area contributed by atoms with Gasteiger partial charge in [0.15, 0.2) is 5.84 Å². The van der Waals surface area contributed by atoms with E-state index in [1.807, 2.05) is 12.1 Å². The summed E-state index contributed by atoms with van der Waals surface area (Å²) in [7, 11) is 0. The third kappa shape index (κ3) is 8.03. The second-order valence-corrected chi connectivity index (χ2v) is 9.67. The summed E-state index contributed by atoms with van der Waals surface area (Å²) >= 11 is 0. The minimum absolute atomic E-state index is 0.0291. The zero-order valence-electron chi connectivity index (χ0n) is 22.2. The molecular weight excluding hydrogens is 499 g/mol. The molecule has 0 aliphatic carbocycles. The van der Waals surface area contributed by atoms with Crippen molar-refractivity contribution in [3.8, 4) is 0 Å². The van der Waals surface area contributed by atoms with E-state index in [2.05, 4.69) is 58.0 Å². The van der Waals surface area contributed by atoms with E-state index in [0.717, 1.165) is 5.56 Å². The fourth-order valence-corrected chi connectivity index (χ4v) is 3.77. The molecule has 1 amide bonds. The number of nitrogens with zero attached hydrogens (tertiary/aromatic N) is 3. The number of halogens is 1. The number of hydrogen-bond donors (Lipinski definition) is 4. The van der Waals surface area contributed by atoms with Gasteiger partial charge in [-0.05, 0) is 58.1 Å². The minimum Gasteiger partial charge on any atom is -0.392 e. The normalized spacial score (nSPS) is 12.2. The molecule has 0 aromatic heterocycles. The van der Waals surface area contributed by atoms with Crippen LogP contribution in [0.5, 0.6) is 0 Å². The molecule has 0 heterocycles. The summed E-state index contributed by atoms with van der Waals surface area (Å²) in [5.74, 6) is -0.264.